The zero-order chi connectivity index (χ0) is 18.0. The van der Waals surface area contributed by atoms with E-state index in [-0.39, 0.29) is 24.3 Å². The first-order chi connectivity index (χ1) is 12.0. The minimum absolute atomic E-state index is 0.0223. The topological polar surface area (TPSA) is 87.7 Å². The van der Waals surface area contributed by atoms with Crippen LogP contribution in [-0.4, -0.2) is 31.4 Å². The quantitative estimate of drug-likeness (QED) is 0.898. The van der Waals surface area contributed by atoms with Gasteiger partial charge >= 0.3 is 0 Å². The monoisotopic (exact) mass is 339 g/mol. The van der Waals surface area contributed by atoms with Crippen LogP contribution in [0.25, 0.3) is 0 Å². The molecule has 0 aromatic heterocycles. The van der Waals surface area contributed by atoms with Crippen molar-refractivity contribution < 1.29 is 19.1 Å². The van der Waals surface area contributed by atoms with Crippen molar-refractivity contribution in [3.05, 3.63) is 48.0 Å². The Morgan fingerprint density at radius 2 is 1.80 bits per heavy atom. The summed E-state index contributed by atoms with van der Waals surface area (Å²) in [5, 5.41) is 5.44. The largest absolute Gasteiger partial charge is 0.481 e. The highest BCUT2D eigenvalue weighted by Gasteiger charge is 2.25. The van der Waals surface area contributed by atoms with Crippen molar-refractivity contribution >= 4 is 34.8 Å². The van der Waals surface area contributed by atoms with Gasteiger partial charge in [0.15, 0.2) is 6.61 Å². The van der Waals surface area contributed by atoms with Gasteiger partial charge in [-0.2, -0.15) is 0 Å². The van der Waals surface area contributed by atoms with E-state index in [9.17, 15) is 14.4 Å². The van der Waals surface area contributed by atoms with E-state index in [0.717, 1.165) is 0 Å². The third-order valence-corrected chi connectivity index (χ3v) is 3.78. The number of para-hydroxylation sites is 1. The number of carbonyl (C=O) groups excluding carboxylic acids is 3. The maximum atomic E-state index is 12.5. The number of benzene rings is 2. The molecule has 1 heterocycles. The van der Waals surface area contributed by atoms with Gasteiger partial charge in [0.25, 0.3) is 11.8 Å². The summed E-state index contributed by atoms with van der Waals surface area (Å²) in [4.78, 5) is 36.8. The highest BCUT2D eigenvalue weighted by atomic mass is 16.5. The standard InChI is InChI=1S/C18H17N3O4/c1-11(22)19-13-8-6-12(7-9-13)18(24)20-14-4-3-5-15-17(14)21(2)16(23)10-25-15/h3-9H,10H2,1-2H3,(H,19,22)(H,20,24). The predicted molar refractivity (Wildman–Crippen MR) is 94.0 cm³/mol. The van der Waals surface area contributed by atoms with Crippen LogP contribution in [0.5, 0.6) is 5.75 Å². The average molecular weight is 339 g/mol. The van der Waals surface area contributed by atoms with Gasteiger partial charge in [0, 0.05) is 25.2 Å². The molecule has 128 valence electrons. The molecule has 0 spiro atoms. The molecule has 0 bridgehead atoms. The second-order valence-corrected chi connectivity index (χ2v) is 5.61. The van der Waals surface area contributed by atoms with Crippen molar-refractivity contribution in [3.63, 3.8) is 0 Å². The Bertz CT molecular complexity index is 846. The average Bonchev–Trinajstić information content (AvgIpc) is 2.58. The Morgan fingerprint density at radius 1 is 1.08 bits per heavy atom. The number of hydrogen-bond acceptors (Lipinski definition) is 4. The SMILES string of the molecule is CC(=O)Nc1ccc(C(=O)Nc2cccc3c2N(C)C(=O)CO3)cc1. The van der Waals surface area contributed by atoms with Crippen molar-refractivity contribution in [2.75, 3.05) is 29.2 Å². The van der Waals surface area contributed by atoms with Crippen molar-refractivity contribution in [2.24, 2.45) is 0 Å². The summed E-state index contributed by atoms with van der Waals surface area (Å²) >= 11 is 0. The lowest BCUT2D eigenvalue weighted by molar-refractivity contribution is -0.121. The normalized spacial score (nSPS) is 12.9. The smallest absolute Gasteiger partial charge is 0.264 e. The first-order valence-corrected chi connectivity index (χ1v) is 7.67. The molecule has 2 N–H and O–H groups in total. The third kappa shape index (κ3) is 3.45. The van der Waals surface area contributed by atoms with Crippen molar-refractivity contribution in [3.8, 4) is 5.75 Å². The zero-order valence-corrected chi connectivity index (χ0v) is 13.8. The van der Waals surface area contributed by atoms with Crippen LogP contribution in [0.3, 0.4) is 0 Å². The molecule has 7 nitrogen and oxygen atoms in total. The van der Waals surface area contributed by atoms with Crippen LogP contribution in [-0.2, 0) is 9.59 Å². The summed E-state index contributed by atoms with van der Waals surface area (Å²) < 4.78 is 5.40. The Morgan fingerprint density at radius 3 is 2.48 bits per heavy atom. The summed E-state index contributed by atoms with van der Waals surface area (Å²) in [5.41, 5.74) is 2.06. The number of nitrogens with one attached hydrogen (secondary N) is 2. The fourth-order valence-corrected chi connectivity index (χ4v) is 2.55. The lowest BCUT2D eigenvalue weighted by Crippen LogP contribution is -2.36. The first-order valence-electron chi connectivity index (χ1n) is 7.67. The van der Waals surface area contributed by atoms with E-state index in [2.05, 4.69) is 10.6 Å². The van der Waals surface area contributed by atoms with Gasteiger partial charge < -0.3 is 20.3 Å². The summed E-state index contributed by atoms with van der Waals surface area (Å²) in [6, 6.07) is 11.7. The number of fused-ring (bicyclic) bond motifs is 1. The molecule has 0 atom stereocenters. The first kappa shape index (κ1) is 16.5. The molecule has 0 radical (unpaired) electrons. The molecular weight excluding hydrogens is 322 g/mol. The Balaban J connectivity index is 1.82. The van der Waals surface area contributed by atoms with Crippen molar-refractivity contribution in [1.29, 1.82) is 0 Å². The van der Waals surface area contributed by atoms with E-state index in [1.165, 1.54) is 11.8 Å². The number of anilines is 3. The van der Waals surface area contributed by atoms with E-state index in [1.54, 1.807) is 49.5 Å². The van der Waals surface area contributed by atoms with Crippen LogP contribution in [0.2, 0.25) is 0 Å². The minimum Gasteiger partial charge on any atom is -0.481 e. The summed E-state index contributed by atoms with van der Waals surface area (Å²) in [7, 11) is 1.64. The van der Waals surface area contributed by atoms with Crippen LogP contribution in [0.4, 0.5) is 17.1 Å². The molecule has 0 aliphatic carbocycles. The Hall–Kier alpha value is -3.35. The summed E-state index contributed by atoms with van der Waals surface area (Å²) in [6.45, 7) is 1.39. The van der Waals surface area contributed by atoms with E-state index in [4.69, 9.17) is 4.74 Å². The highest BCUT2D eigenvalue weighted by Crippen LogP contribution is 2.38. The van der Waals surface area contributed by atoms with Gasteiger partial charge in [0.1, 0.15) is 11.4 Å². The molecule has 2 aromatic carbocycles. The van der Waals surface area contributed by atoms with Gasteiger partial charge in [-0.15, -0.1) is 0 Å². The second-order valence-electron chi connectivity index (χ2n) is 5.61. The van der Waals surface area contributed by atoms with Crippen LogP contribution in [0.1, 0.15) is 17.3 Å². The van der Waals surface area contributed by atoms with E-state index in [1.807, 2.05) is 0 Å². The Labute approximate surface area is 144 Å². The van der Waals surface area contributed by atoms with Crippen LogP contribution >= 0.6 is 0 Å². The summed E-state index contributed by atoms with van der Waals surface area (Å²) in [6.07, 6.45) is 0. The molecule has 25 heavy (non-hydrogen) atoms. The molecular formula is C18H17N3O4. The van der Waals surface area contributed by atoms with Crippen molar-refractivity contribution in [1.82, 2.24) is 0 Å². The molecule has 0 fully saturated rings. The molecule has 3 amide bonds. The molecule has 1 aliphatic heterocycles. The van der Waals surface area contributed by atoms with Gasteiger partial charge in [-0.05, 0) is 36.4 Å². The van der Waals surface area contributed by atoms with Crippen LogP contribution < -0.4 is 20.3 Å². The van der Waals surface area contributed by atoms with Gasteiger partial charge in [-0.1, -0.05) is 6.07 Å². The fourth-order valence-electron chi connectivity index (χ4n) is 2.55. The number of rotatable bonds is 3. The molecule has 2 aromatic rings. The highest BCUT2D eigenvalue weighted by molar-refractivity contribution is 6.09. The molecule has 0 saturated heterocycles. The number of nitrogens with zero attached hydrogens (tertiary/aromatic N) is 1. The lowest BCUT2D eigenvalue weighted by Gasteiger charge is -2.28. The molecule has 7 heteroatoms. The van der Waals surface area contributed by atoms with E-state index in [0.29, 0.717) is 28.4 Å². The van der Waals surface area contributed by atoms with Gasteiger partial charge in [-0.25, -0.2) is 0 Å². The maximum absolute atomic E-state index is 12.5. The minimum atomic E-state index is -0.325. The number of carbonyl (C=O) groups is 3. The van der Waals surface area contributed by atoms with Crippen molar-refractivity contribution in [2.45, 2.75) is 6.92 Å². The van der Waals surface area contributed by atoms with Crippen LogP contribution in [0, 0.1) is 0 Å². The number of ether oxygens (including phenoxy) is 1. The fraction of sp³-hybridized carbons (Fsp3) is 0.167. The predicted octanol–water partition coefficient (Wildman–Crippen LogP) is 2.25. The van der Waals surface area contributed by atoms with Gasteiger partial charge in [0.05, 0.1) is 5.69 Å². The number of likely N-dealkylation sites (N-methyl/N-ethyl adjacent to an activating group) is 1. The van der Waals surface area contributed by atoms with E-state index >= 15 is 0 Å². The summed E-state index contributed by atoms with van der Waals surface area (Å²) in [5.74, 6) is -0.148. The van der Waals surface area contributed by atoms with Gasteiger partial charge in [0.2, 0.25) is 5.91 Å². The Kier molecular flexibility index (Phi) is 4.38. The zero-order valence-electron chi connectivity index (χ0n) is 13.8. The second kappa shape index (κ2) is 6.64. The molecule has 0 unspecified atom stereocenters. The van der Waals surface area contributed by atoms with E-state index < -0.39 is 0 Å². The number of amides is 3. The maximum Gasteiger partial charge on any atom is 0.264 e. The number of hydrogen-bond donors (Lipinski definition) is 2. The van der Waals surface area contributed by atoms with Crippen LogP contribution in [0.15, 0.2) is 42.5 Å². The third-order valence-electron chi connectivity index (χ3n) is 3.78. The molecule has 0 saturated carbocycles. The lowest BCUT2D eigenvalue weighted by atomic mass is 10.1. The van der Waals surface area contributed by atoms with Gasteiger partial charge in [-0.3, -0.25) is 14.4 Å². The molecule has 1 aliphatic rings. The molecule has 3 rings (SSSR count).